The fraction of sp³-hybridized carbons (Fsp3) is 0.556. The van der Waals surface area contributed by atoms with Gasteiger partial charge in [-0.25, -0.2) is 9.59 Å². The number of hydrogen-bond acceptors (Lipinski definition) is 6. The summed E-state index contributed by atoms with van der Waals surface area (Å²) in [5.41, 5.74) is -3.91. The molecule has 0 aliphatic carbocycles. The van der Waals surface area contributed by atoms with Gasteiger partial charge in [0.2, 0.25) is 5.88 Å². The summed E-state index contributed by atoms with van der Waals surface area (Å²) >= 11 is 0. The first-order valence-electron chi connectivity index (χ1n) is 4.86. The lowest BCUT2D eigenvalue weighted by Crippen LogP contribution is -2.73. The summed E-state index contributed by atoms with van der Waals surface area (Å²) in [6.07, 6.45) is -0.136. The lowest BCUT2D eigenvalue weighted by molar-refractivity contribution is -0.154. The van der Waals surface area contributed by atoms with Gasteiger partial charge < -0.3 is 25.7 Å². The molecule has 1 aliphatic heterocycles. The Balaban J connectivity index is 3.37. The standard InChI is InChI=1S/C9H14N2O6/c1-3-9(7(16)17)4(12)5(13)10-8(2,11-9)6(14)15/h10-13H,3H2,1-2H3,(H,14,15)(H,16,17). The summed E-state index contributed by atoms with van der Waals surface area (Å²) in [5.74, 6) is -4.59. The van der Waals surface area contributed by atoms with E-state index in [1.54, 1.807) is 0 Å². The summed E-state index contributed by atoms with van der Waals surface area (Å²) in [6, 6.07) is 0. The van der Waals surface area contributed by atoms with Crippen LogP contribution in [0.15, 0.2) is 11.6 Å². The quantitative estimate of drug-likeness (QED) is 0.391. The van der Waals surface area contributed by atoms with Crippen LogP contribution in [0.25, 0.3) is 0 Å². The van der Waals surface area contributed by atoms with E-state index in [0.29, 0.717) is 0 Å². The van der Waals surface area contributed by atoms with Gasteiger partial charge in [-0.3, -0.25) is 5.32 Å². The second kappa shape index (κ2) is 3.81. The van der Waals surface area contributed by atoms with E-state index in [9.17, 15) is 19.8 Å². The first-order chi connectivity index (χ1) is 7.69. The van der Waals surface area contributed by atoms with Crippen LogP contribution in [-0.4, -0.2) is 43.6 Å². The average molecular weight is 246 g/mol. The van der Waals surface area contributed by atoms with Crippen molar-refractivity contribution in [1.29, 1.82) is 0 Å². The Hall–Kier alpha value is -1.96. The van der Waals surface area contributed by atoms with Crippen molar-refractivity contribution in [2.24, 2.45) is 0 Å². The van der Waals surface area contributed by atoms with Crippen molar-refractivity contribution in [3.8, 4) is 0 Å². The van der Waals surface area contributed by atoms with Gasteiger partial charge in [0.05, 0.1) is 0 Å². The Morgan fingerprint density at radius 1 is 1.24 bits per heavy atom. The highest BCUT2D eigenvalue weighted by molar-refractivity contribution is 5.86. The van der Waals surface area contributed by atoms with Crippen LogP contribution in [0.5, 0.6) is 0 Å². The third-order valence-corrected chi connectivity index (χ3v) is 2.78. The summed E-state index contributed by atoms with van der Waals surface area (Å²) < 4.78 is 0. The molecule has 0 radical (unpaired) electrons. The van der Waals surface area contributed by atoms with Gasteiger partial charge in [0.15, 0.2) is 17.0 Å². The van der Waals surface area contributed by atoms with Gasteiger partial charge in [0.25, 0.3) is 0 Å². The molecule has 0 aromatic carbocycles. The largest absolute Gasteiger partial charge is 0.505 e. The van der Waals surface area contributed by atoms with Gasteiger partial charge in [0.1, 0.15) is 0 Å². The molecule has 1 rings (SSSR count). The fourth-order valence-corrected chi connectivity index (χ4v) is 1.68. The highest BCUT2D eigenvalue weighted by atomic mass is 16.4. The topological polar surface area (TPSA) is 139 Å². The van der Waals surface area contributed by atoms with Crippen LogP contribution < -0.4 is 10.6 Å². The molecule has 0 spiro atoms. The minimum absolute atomic E-state index is 0.136. The Morgan fingerprint density at radius 2 is 1.76 bits per heavy atom. The fourth-order valence-electron chi connectivity index (χ4n) is 1.68. The minimum atomic E-state index is -2.03. The molecule has 1 heterocycles. The normalized spacial score (nSPS) is 33.1. The van der Waals surface area contributed by atoms with Crippen molar-refractivity contribution in [2.45, 2.75) is 31.5 Å². The Labute approximate surface area is 96.6 Å². The molecule has 0 aromatic rings. The highest BCUT2D eigenvalue weighted by Crippen LogP contribution is 2.28. The molecule has 0 saturated heterocycles. The third-order valence-electron chi connectivity index (χ3n) is 2.78. The van der Waals surface area contributed by atoms with Crippen molar-refractivity contribution in [1.82, 2.24) is 10.6 Å². The Kier molecular flexibility index (Phi) is 2.94. The molecule has 17 heavy (non-hydrogen) atoms. The lowest BCUT2D eigenvalue weighted by Gasteiger charge is -2.42. The molecule has 0 fully saturated rings. The molecular weight excluding hydrogens is 232 g/mol. The summed E-state index contributed by atoms with van der Waals surface area (Å²) in [4.78, 5) is 22.2. The van der Waals surface area contributed by atoms with Crippen molar-refractivity contribution < 1.29 is 30.0 Å². The van der Waals surface area contributed by atoms with Gasteiger partial charge in [-0.1, -0.05) is 6.92 Å². The van der Waals surface area contributed by atoms with E-state index in [1.807, 2.05) is 0 Å². The van der Waals surface area contributed by atoms with E-state index in [0.717, 1.165) is 6.92 Å². The van der Waals surface area contributed by atoms with Crippen molar-refractivity contribution in [3.63, 3.8) is 0 Å². The Morgan fingerprint density at radius 3 is 2.12 bits per heavy atom. The monoisotopic (exact) mass is 246 g/mol. The number of hydrogen-bond donors (Lipinski definition) is 6. The number of aliphatic hydroxyl groups is 2. The van der Waals surface area contributed by atoms with E-state index in [-0.39, 0.29) is 6.42 Å². The Bertz CT molecular complexity index is 406. The van der Waals surface area contributed by atoms with Gasteiger partial charge in [-0.2, -0.15) is 0 Å². The van der Waals surface area contributed by atoms with Crippen molar-refractivity contribution in [3.05, 3.63) is 11.6 Å². The molecule has 0 saturated carbocycles. The number of nitrogens with one attached hydrogen (secondary N) is 2. The second-order valence-corrected chi connectivity index (χ2v) is 3.94. The van der Waals surface area contributed by atoms with Crippen molar-refractivity contribution in [2.75, 3.05) is 0 Å². The summed E-state index contributed by atoms with van der Waals surface area (Å²) in [6.45, 7) is 2.59. The molecule has 2 atom stereocenters. The zero-order chi connectivity index (χ0) is 13.4. The van der Waals surface area contributed by atoms with Gasteiger partial charge in [-0.15, -0.1) is 0 Å². The first-order valence-corrected chi connectivity index (χ1v) is 4.86. The predicted molar refractivity (Wildman–Crippen MR) is 55.3 cm³/mol. The van der Waals surface area contributed by atoms with Crippen LogP contribution in [-0.2, 0) is 9.59 Å². The zero-order valence-electron chi connectivity index (χ0n) is 9.31. The number of aliphatic hydroxyl groups excluding tert-OH is 2. The van der Waals surface area contributed by atoms with Crippen LogP contribution >= 0.6 is 0 Å². The highest BCUT2D eigenvalue weighted by Gasteiger charge is 2.54. The third kappa shape index (κ3) is 1.76. The molecule has 96 valence electrons. The van der Waals surface area contributed by atoms with Crippen LogP contribution in [0.2, 0.25) is 0 Å². The van der Waals surface area contributed by atoms with Crippen molar-refractivity contribution >= 4 is 11.9 Å². The van der Waals surface area contributed by atoms with E-state index in [2.05, 4.69) is 10.6 Å². The predicted octanol–water partition coefficient (Wildman–Crippen LogP) is -0.501. The number of carboxylic acids is 2. The maximum absolute atomic E-state index is 11.2. The van der Waals surface area contributed by atoms with Gasteiger partial charge in [0, 0.05) is 0 Å². The lowest BCUT2D eigenvalue weighted by atomic mass is 9.89. The molecule has 2 unspecified atom stereocenters. The molecule has 8 heteroatoms. The summed E-state index contributed by atoms with van der Waals surface area (Å²) in [7, 11) is 0. The average Bonchev–Trinajstić information content (AvgIpc) is 2.23. The van der Waals surface area contributed by atoms with Crippen LogP contribution in [0.1, 0.15) is 20.3 Å². The minimum Gasteiger partial charge on any atom is -0.505 e. The second-order valence-electron chi connectivity index (χ2n) is 3.94. The number of rotatable bonds is 3. The molecule has 0 aromatic heterocycles. The smallest absolute Gasteiger partial charge is 0.344 e. The van der Waals surface area contributed by atoms with Crippen LogP contribution in [0, 0.1) is 0 Å². The molecule has 0 bridgehead atoms. The molecule has 1 aliphatic rings. The molecule has 6 N–H and O–H groups in total. The SMILES string of the molecule is CCC1(C(=O)O)NC(C)(C(=O)O)NC(O)=C1O. The van der Waals surface area contributed by atoms with Crippen LogP contribution in [0.4, 0.5) is 0 Å². The number of carbonyl (C=O) groups is 2. The van der Waals surface area contributed by atoms with Gasteiger partial charge in [-0.05, 0) is 13.3 Å². The maximum Gasteiger partial charge on any atom is 0.344 e. The van der Waals surface area contributed by atoms with E-state index in [1.165, 1.54) is 6.92 Å². The number of carboxylic acid groups (broad SMARTS) is 2. The number of aliphatic carboxylic acids is 2. The molecular formula is C9H14N2O6. The van der Waals surface area contributed by atoms with E-state index < -0.39 is 34.8 Å². The first kappa shape index (κ1) is 13.1. The summed E-state index contributed by atoms with van der Waals surface area (Å²) in [5, 5.41) is 41.5. The maximum atomic E-state index is 11.2. The van der Waals surface area contributed by atoms with E-state index >= 15 is 0 Å². The molecule has 0 amide bonds. The van der Waals surface area contributed by atoms with E-state index in [4.69, 9.17) is 10.2 Å². The van der Waals surface area contributed by atoms with Gasteiger partial charge >= 0.3 is 11.9 Å². The zero-order valence-corrected chi connectivity index (χ0v) is 9.31. The van der Waals surface area contributed by atoms with Crippen LogP contribution in [0.3, 0.4) is 0 Å². The molecule has 8 nitrogen and oxygen atoms in total.